The van der Waals surface area contributed by atoms with Crippen molar-refractivity contribution in [2.24, 2.45) is 5.92 Å². The van der Waals surface area contributed by atoms with Crippen molar-refractivity contribution in [2.75, 3.05) is 6.54 Å². The lowest BCUT2D eigenvalue weighted by molar-refractivity contribution is -0.143. The molecule has 8 heteroatoms. The van der Waals surface area contributed by atoms with E-state index in [0.29, 0.717) is 10.6 Å². The summed E-state index contributed by atoms with van der Waals surface area (Å²) < 4.78 is 54.5. The van der Waals surface area contributed by atoms with Crippen LogP contribution >= 0.6 is 0 Å². The number of carbonyl (C=O) groups excluding carboxylic acids is 1. The first-order valence-corrected chi connectivity index (χ1v) is 7.46. The van der Waals surface area contributed by atoms with Crippen molar-refractivity contribution in [3.63, 3.8) is 0 Å². The molecule has 0 unspecified atom stereocenters. The highest BCUT2D eigenvalue weighted by molar-refractivity contribution is 5.81. The zero-order valence-electron chi connectivity index (χ0n) is 12.5. The van der Waals surface area contributed by atoms with E-state index in [1.165, 1.54) is 12.1 Å². The van der Waals surface area contributed by atoms with Crippen molar-refractivity contribution in [3.05, 3.63) is 46.0 Å². The molecule has 0 atom stereocenters. The number of pyridine rings is 1. The van der Waals surface area contributed by atoms with Gasteiger partial charge in [-0.2, -0.15) is 13.2 Å². The van der Waals surface area contributed by atoms with Gasteiger partial charge in [-0.1, -0.05) is 6.07 Å². The number of carbonyl (C=O) groups is 1. The normalized spacial score (nSPS) is 14.8. The summed E-state index contributed by atoms with van der Waals surface area (Å²) in [7, 11) is 0. The largest absolute Gasteiger partial charge is 0.431 e. The first kappa shape index (κ1) is 16.5. The van der Waals surface area contributed by atoms with Crippen LogP contribution in [0.25, 0.3) is 10.9 Å². The minimum Gasteiger partial charge on any atom is -0.354 e. The Bertz CT molecular complexity index is 854. The van der Waals surface area contributed by atoms with E-state index < -0.39 is 28.6 Å². The Morgan fingerprint density at radius 2 is 2.00 bits per heavy atom. The van der Waals surface area contributed by atoms with Crippen LogP contribution in [-0.2, 0) is 17.5 Å². The minimum atomic E-state index is -4.81. The number of amides is 1. The first-order valence-electron chi connectivity index (χ1n) is 7.46. The third-order valence-corrected chi connectivity index (χ3v) is 3.95. The zero-order chi connectivity index (χ0) is 17.5. The van der Waals surface area contributed by atoms with Crippen molar-refractivity contribution in [1.82, 2.24) is 9.88 Å². The van der Waals surface area contributed by atoms with Crippen molar-refractivity contribution in [2.45, 2.75) is 25.6 Å². The highest BCUT2D eigenvalue weighted by Gasteiger charge is 2.35. The number of rotatable bonds is 4. The summed E-state index contributed by atoms with van der Waals surface area (Å²) in [4.78, 5) is 23.5. The molecule has 1 aromatic heterocycles. The second-order valence-electron chi connectivity index (χ2n) is 5.74. The number of hydrogen-bond donors (Lipinski definition) is 1. The van der Waals surface area contributed by atoms with Crippen molar-refractivity contribution in [3.8, 4) is 0 Å². The second-order valence-corrected chi connectivity index (χ2v) is 5.74. The van der Waals surface area contributed by atoms with Gasteiger partial charge < -0.3 is 9.88 Å². The lowest BCUT2D eigenvalue weighted by Crippen LogP contribution is -2.31. The summed E-state index contributed by atoms with van der Waals surface area (Å²) in [6.07, 6.45) is -3.26. The maximum absolute atomic E-state index is 14.1. The van der Waals surface area contributed by atoms with Gasteiger partial charge in [0, 0.05) is 30.5 Å². The molecule has 0 spiro atoms. The average molecular weight is 342 g/mol. The van der Waals surface area contributed by atoms with E-state index in [9.17, 15) is 27.2 Å². The molecule has 128 valence electrons. The van der Waals surface area contributed by atoms with Gasteiger partial charge in [-0.3, -0.25) is 9.59 Å². The van der Waals surface area contributed by atoms with Gasteiger partial charge in [-0.25, -0.2) is 4.39 Å². The predicted molar refractivity (Wildman–Crippen MR) is 78.9 cm³/mol. The molecule has 0 saturated heterocycles. The predicted octanol–water partition coefficient (Wildman–Crippen LogP) is 2.69. The van der Waals surface area contributed by atoms with E-state index in [1.807, 2.05) is 0 Å². The molecule has 1 aromatic carbocycles. The Labute approximate surface area is 134 Å². The van der Waals surface area contributed by atoms with Gasteiger partial charge in [0.25, 0.3) is 0 Å². The van der Waals surface area contributed by atoms with Crippen molar-refractivity contribution >= 4 is 16.8 Å². The quantitative estimate of drug-likeness (QED) is 0.869. The average Bonchev–Trinajstić information content (AvgIpc) is 3.33. The Hall–Kier alpha value is -2.38. The van der Waals surface area contributed by atoms with E-state index in [0.717, 1.165) is 18.9 Å². The number of nitrogens with zero attached hydrogens (tertiary/aromatic N) is 1. The lowest BCUT2D eigenvalue weighted by atomic mass is 10.1. The molecule has 2 aromatic rings. The third-order valence-electron chi connectivity index (χ3n) is 3.95. The summed E-state index contributed by atoms with van der Waals surface area (Å²) in [5.74, 6) is -1.20. The fourth-order valence-corrected chi connectivity index (χ4v) is 2.64. The molecule has 1 N–H and O–H groups in total. The number of alkyl halides is 3. The van der Waals surface area contributed by atoms with Crippen molar-refractivity contribution < 1.29 is 22.4 Å². The second kappa shape index (κ2) is 5.92. The van der Waals surface area contributed by atoms with E-state index in [1.54, 1.807) is 0 Å². The van der Waals surface area contributed by atoms with Gasteiger partial charge in [0.05, 0.1) is 5.52 Å². The SMILES string of the molecule is O=C(NCCn1c(C(F)(F)F)cc(=O)c2cccc(F)c21)C1CC1. The van der Waals surface area contributed by atoms with Crippen LogP contribution in [0.1, 0.15) is 18.5 Å². The van der Waals surface area contributed by atoms with Gasteiger partial charge in [-0.15, -0.1) is 0 Å². The number of halogens is 4. The van der Waals surface area contributed by atoms with Crippen molar-refractivity contribution in [1.29, 1.82) is 0 Å². The molecule has 0 radical (unpaired) electrons. The molecule has 1 aliphatic carbocycles. The monoisotopic (exact) mass is 342 g/mol. The Morgan fingerprint density at radius 1 is 1.29 bits per heavy atom. The Balaban J connectivity index is 2.03. The molecular formula is C16H14F4N2O2. The molecule has 0 bridgehead atoms. The molecule has 3 rings (SSSR count). The van der Waals surface area contributed by atoms with E-state index in [-0.39, 0.29) is 30.3 Å². The van der Waals surface area contributed by atoms with Crippen LogP contribution in [0.4, 0.5) is 17.6 Å². The highest BCUT2D eigenvalue weighted by atomic mass is 19.4. The molecule has 1 aliphatic rings. The topological polar surface area (TPSA) is 51.1 Å². The Kier molecular flexibility index (Phi) is 4.06. The number of fused-ring (bicyclic) bond motifs is 1. The molecule has 4 nitrogen and oxygen atoms in total. The van der Waals surface area contributed by atoms with E-state index in [4.69, 9.17) is 0 Å². The molecule has 0 aliphatic heterocycles. The zero-order valence-corrected chi connectivity index (χ0v) is 12.5. The van der Waals surface area contributed by atoms with E-state index >= 15 is 0 Å². The first-order chi connectivity index (χ1) is 11.3. The molecule has 24 heavy (non-hydrogen) atoms. The fourth-order valence-electron chi connectivity index (χ4n) is 2.64. The number of nitrogens with one attached hydrogen (secondary N) is 1. The highest BCUT2D eigenvalue weighted by Crippen LogP contribution is 2.31. The minimum absolute atomic E-state index is 0.0745. The molecule has 1 amide bonds. The van der Waals surface area contributed by atoms with Gasteiger partial charge in [0.15, 0.2) is 5.43 Å². The number of para-hydroxylation sites is 1. The van der Waals surface area contributed by atoms with Crippen LogP contribution in [0.15, 0.2) is 29.1 Å². The van der Waals surface area contributed by atoms with Crippen LogP contribution in [-0.4, -0.2) is 17.0 Å². The number of aromatic nitrogens is 1. The van der Waals surface area contributed by atoms with Crippen LogP contribution in [0.5, 0.6) is 0 Å². The maximum atomic E-state index is 14.1. The Morgan fingerprint density at radius 3 is 2.62 bits per heavy atom. The summed E-state index contributed by atoms with van der Waals surface area (Å²) in [5, 5.41) is 2.41. The van der Waals surface area contributed by atoms with Crippen LogP contribution in [0.2, 0.25) is 0 Å². The fraction of sp³-hybridized carbons (Fsp3) is 0.375. The summed E-state index contributed by atoms with van der Waals surface area (Å²) in [5.41, 5.74) is -2.53. The number of benzene rings is 1. The standard InChI is InChI=1S/C16H14F4N2O2/c17-11-3-1-2-10-12(23)8-13(16(18,19)20)22(14(10)11)7-6-21-15(24)9-4-5-9/h1-3,8-9H,4-7H2,(H,21,24). The third kappa shape index (κ3) is 3.13. The van der Waals surface area contributed by atoms with Gasteiger partial charge in [-0.05, 0) is 25.0 Å². The maximum Gasteiger partial charge on any atom is 0.431 e. The van der Waals surface area contributed by atoms with Gasteiger partial charge in [0.1, 0.15) is 11.5 Å². The van der Waals surface area contributed by atoms with Gasteiger partial charge in [0.2, 0.25) is 5.91 Å². The summed E-state index contributed by atoms with van der Waals surface area (Å²) in [6, 6.07) is 4.01. The molecule has 1 saturated carbocycles. The molecular weight excluding hydrogens is 328 g/mol. The molecule has 1 heterocycles. The summed E-state index contributed by atoms with van der Waals surface area (Å²) >= 11 is 0. The smallest absolute Gasteiger partial charge is 0.354 e. The van der Waals surface area contributed by atoms with Crippen LogP contribution in [0.3, 0.4) is 0 Å². The lowest BCUT2D eigenvalue weighted by Gasteiger charge is -2.19. The van der Waals surface area contributed by atoms with Crippen LogP contribution < -0.4 is 10.7 Å². The summed E-state index contributed by atoms with van der Waals surface area (Å²) in [6.45, 7) is -0.365. The van der Waals surface area contributed by atoms with E-state index in [2.05, 4.69) is 5.32 Å². The van der Waals surface area contributed by atoms with Crippen LogP contribution in [0, 0.1) is 11.7 Å². The van der Waals surface area contributed by atoms with Gasteiger partial charge >= 0.3 is 6.18 Å². The molecule has 1 fully saturated rings. The number of hydrogen-bond acceptors (Lipinski definition) is 2.